The van der Waals surface area contributed by atoms with E-state index in [1.54, 1.807) is 0 Å². The fourth-order valence-electron chi connectivity index (χ4n) is 4.32. The van der Waals surface area contributed by atoms with E-state index in [-0.39, 0.29) is 10.1 Å². The maximum atomic E-state index is 6.19. The Morgan fingerprint density at radius 3 is 1.00 bits per heavy atom. The molecule has 0 atom stereocenters. The fraction of sp³-hybridized carbons (Fsp3) is 1.00. The van der Waals surface area contributed by atoms with E-state index < -0.39 is 17.1 Å². The lowest BCUT2D eigenvalue weighted by atomic mass is 10.1. The molecule has 202 valence electrons. The minimum absolute atomic E-state index is 0.201. The van der Waals surface area contributed by atoms with Gasteiger partial charge in [0.25, 0.3) is 0 Å². The predicted molar refractivity (Wildman–Crippen MR) is 151 cm³/mol. The maximum Gasteiger partial charge on any atom is 0.343 e. The van der Waals surface area contributed by atoms with Crippen molar-refractivity contribution in [2.75, 3.05) is 26.4 Å². The van der Waals surface area contributed by atoms with Gasteiger partial charge in [-0.1, -0.05) is 87.5 Å². The minimum atomic E-state index is -2.06. The summed E-state index contributed by atoms with van der Waals surface area (Å²) in [6, 6.07) is 2.27. The first kappa shape index (κ1) is 35.4. The summed E-state index contributed by atoms with van der Waals surface area (Å²) in [5.74, 6) is 0. The van der Waals surface area contributed by atoms with Crippen LogP contribution >= 0.6 is 0 Å². The van der Waals surface area contributed by atoms with Gasteiger partial charge in [0.1, 0.15) is 0 Å². The number of rotatable bonds is 19. The van der Waals surface area contributed by atoms with Crippen LogP contribution in [0.5, 0.6) is 0 Å². The van der Waals surface area contributed by atoms with E-state index in [1.807, 2.05) is 0 Å². The molecule has 0 aliphatic heterocycles. The summed E-state index contributed by atoms with van der Waals surface area (Å²) in [5, 5.41) is 0.404. The largest absolute Gasteiger partial charge is 0.394 e. The van der Waals surface area contributed by atoms with Gasteiger partial charge in [-0.2, -0.15) is 0 Å². The summed E-state index contributed by atoms with van der Waals surface area (Å²) in [7, 11) is -4.10. The van der Waals surface area contributed by atoms with Crippen LogP contribution in [0.3, 0.4) is 0 Å². The highest BCUT2D eigenvalue weighted by Crippen LogP contribution is 2.45. The zero-order valence-corrected chi connectivity index (χ0v) is 26.8. The number of hydrogen-bond acceptors (Lipinski definition) is 4. The van der Waals surface area contributed by atoms with Crippen molar-refractivity contribution in [3.8, 4) is 0 Å². The zero-order valence-electron chi connectivity index (χ0n) is 24.8. The molecule has 0 bridgehead atoms. The molecular weight excluding hydrogens is 444 g/mol. The normalized spacial score (nSPS) is 13.1. The van der Waals surface area contributed by atoms with Gasteiger partial charge in [-0.05, 0) is 52.6 Å². The predicted octanol–water partition coefficient (Wildman–Crippen LogP) is 9.37. The van der Waals surface area contributed by atoms with E-state index >= 15 is 0 Å². The molecule has 0 aromatic carbocycles. The van der Waals surface area contributed by atoms with Crippen molar-refractivity contribution >= 4 is 17.1 Å². The molecule has 0 aromatic rings. The monoisotopic (exact) mass is 506 g/mol. The molecule has 0 amide bonds. The average molecular weight is 507 g/mol. The maximum absolute atomic E-state index is 6.19. The molecule has 4 nitrogen and oxygen atoms in total. The summed E-state index contributed by atoms with van der Waals surface area (Å²) in [6.07, 6.45) is 8.48. The highest BCUT2D eigenvalue weighted by molar-refractivity contribution is 6.71. The van der Waals surface area contributed by atoms with Gasteiger partial charge in [0.15, 0.2) is 0 Å². The van der Waals surface area contributed by atoms with Crippen LogP contribution in [-0.4, -0.2) is 43.5 Å². The van der Waals surface area contributed by atoms with Gasteiger partial charge in [0.05, 0.1) is 0 Å². The summed E-state index contributed by atoms with van der Waals surface area (Å²) >= 11 is 0. The van der Waals surface area contributed by atoms with Crippen molar-refractivity contribution in [1.82, 2.24) is 0 Å². The zero-order chi connectivity index (χ0) is 26.0. The fourth-order valence-corrected chi connectivity index (χ4v) is 12.5. The first-order valence-electron chi connectivity index (χ1n) is 14.0. The molecule has 0 rings (SSSR count). The van der Waals surface area contributed by atoms with Crippen molar-refractivity contribution < 1.29 is 17.7 Å². The summed E-state index contributed by atoms with van der Waals surface area (Å²) < 4.78 is 24.7. The smallest absolute Gasteiger partial charge is 0.343 e. The summed E-state index contributed by atoms with van der Waals surface area (Å²) in [5.41, 5.74) is 0. The Kier molecular flexibility index (Phi) is 19.9. The first-order valence-corrected chi connectivity index (χ1v) is 18.1. The molecule has 0 saturated carbocycles. The second-order valence-corrected chi connectivity index (χ2v) is 18.1. The van der Waals surface area contributed by atoms with Gasteiger partial charge in [0, 0.05) is 36.5 Å². The highest BCUT2D eigenvalue weighted by atomic mass is 28.4. The van der Waals surface area contributed by atoms with Gasteiger partial charge in [-0.15, -0.1) is 0 Å². The molecule has 0 unspecified atom stereocenters. The highest BCUT2D eigenvalue weighted by Gasteiger charge is 2.51. The average Bonchev–Trinajstić information content (AvgIpc) is 2.78. The van der Waals surface area contributed by atoms with E-state index in [2.05, 4.69) is 83.1 Å². The SMILES string of the molecule is CCCCC[Si](OCC)(OCC)C(C)(C)CC.CCCC[Si](OCC)(OCC)C(C)(C)CC. The topological polar surface area (TPSA) is 36.9 Å². The Morgan fingerprint density at radius 1 is 0.455 bits per heavy atom. The third kappa shape index (κ3) is 11.3. The lowest BCUT2D eigenvalue weighted by Gasteiger charge is -2.42. The second-order valence-electron chi connectivity index (χ2n) is 10.3. The standard InChI is InChI=1S/C14H32O2Si.C13H30O2Si/c1-7-11-12-13-17(15-9-3,16-10-4)14(5,6)8-2;1-7-11-12-16(14-9-3,15-10-4)13(5,6)8-2/h7-13H2,1-6H3;7-12H2,1-6H3. The minimum Gasteiger partial charge on any atom is -0.394 e. The Bertz CT molecular complexity index is 443. The quantitative estimate of drug-likeness (QED) is 0.129. The summed E-state index contributed by atoms with van der Waals surface area (Å²) in [6.45, 7) is 29.7. The van der Waals surface area contributed by atoms with Crippen LogP contribution in [0, 0.1) is 0 Å². The van der Waals surface area contributed by atoms with Gasteiger partial charge < -0.3 is 17.7 Å². The van der Waals surface area contributed by atoms with E-state index in [0.29, 0.717) is 0 Å². The molecular formula is C27H62O4Si2. The third-order valence-corrected chi connectivity index (χ3v) is 17.2. The van der Waals surface area contributed by atoms with Crippen molar-refractivity contribution in [3.05, 3.63) is 0 Å². The van der Waals surface area contributed by atoms with E-state index in [0.717, 1.165) is 51.4 Å². The Hall–Kier alpha value is 0.274. The Labute approximate surface area is 211 Å². The van der Waals surface area contributed by atoms with Crippen LogP contribution in [0.1, 0.15) is 128 Å². The molecule has 6 heteroatoms. The molecule has 0 radical (unpaired) electrons. The van der Waals surface area contributed by atoms with Crippen molar-refractivity contribution in [2.24, 2.45) is 0 Å². The van der Waals surface area contributed by atoms with Gasteiger partial charge >= 0.3 is 17.1 Å². The molecule has 33 heavy (non-hydrogen) atoms. The van der Waals surface area contributed by atoms with Gasteiger partial charge in [-0.25, -0.2) is 0 Å². The number of unbranched alkanes of at least 4 members (excludes halogenated alkanes) is 3. The second kappa shape index (κ2) is 18.5. The van der Waals surface area contributed by atoms with Crippen LogP contribution in [-0.2, 0) is 17.7 Å². The van der Waals surface area contributed by atoms with Crippen LogP contribution in [0.15, 0.2) is 0 Å². The molecule has 0 saturated heterocycles. The van der Waals surface area contributed by atoms with Crippen LogP contribution in [0.4, 0.5) is 0 Å². The van der Waals surface area contributed by atoms with Crippen molar-refractivity contribution in [3.63, 3.8) is 0 Å². The van der Waals surface area contributed by atoms with Crippen LogP contribution in [0.2, 0.25) is 22.2 Å². The molecule has 0 N–H and O–H groups in total. The van der Waals surface area contributed by atoms with Gasteiger partial charge in [-0.3, -0.25) is 0 Å². The van der Waals surface area contributed by atoms with Gasteiger partial charge in [0.2, 0.25) is 0 Å². The lowest BCUT2D eigenvalue weighted by molar-refractivity contribution is 0.154. The molecule has 0 aliphatic carbocycles. The van der Waals surface area contributed by atoms with Crippen LogP contribution in [0.25, 0.3) is 0 Å². The molecule has 0 fully saturated rings. The van der Waals surface area contributed by atoms with Crippen LogP contribution < -0.4 is 0 Å². The first-order chi connectivity index (χ1) is 15.5. The Balaban J connectivity index is 0. The summed E-state index contributed by atoms with van der Waals surface area (Å²) in [4.78, 5) is 0. The van der Waals surface area contributed by atoms with E-state index in [1.165, 1.54) is 32.1 Å². The number of hydrogen-bond donors (Lipinski definition) is 0. The van der Waals surface area contributed by atoms with Crippen molar-refractivity contribution in [1.29, 1.82) is 0 Å². The third-order valence-electron chi connectivity index (χ3n) is 7.31. The lowest BCUT2D eigenvalue weighted by Crippen LogP contribution is -2.51. The molecule has 0 spiro atoms. The molecule has 0 heterocycles. The molecule has 0 aromatic heterocycles. The Morgan fingerprint density at radius 2 is 0.758 bits per heavy atom. The van der Waals surface area contributed by atoms with Crippen molar-refractivity contribution in [2.45, 2.75) is 150 Å². The van der Waals surface area contributed by atoms with E-state index in [4.69, 9.17) is 17.7 Å². The molecule has 0 aliphatic rings. The van der Waals surface area contributed by atoms with E-state index in [9.17, 15) is 0 Å².